The Morgan fingerprint density at radius 2 is 2.18 bits per heavy atom. The zero-order valence-electron chi connectivity index (χ0n) is 10.9. The van der Waals surface area contributed by atoms with Crippen molar-refractivity contribution < 1.29 is 9.47 Å². The minimum absolute atomic E-state index is 0.386. The van der Waals surface area contributed by atoms with Gasteiger partial charge in [-0.15, -0.1) is 0 Å². The summed E-state index contributed by atoms with van der Waals surface area (Å²) in [5.41, 5.74) is 1.90. The first kappa shape index (κ1) is 11.6. The lowest BCUT2D eigenvalue weighted by molar-refractivity contribution is 0.0539. The van der Waals surface area contributed by atoms with Crippen LogP contribution in [-0.2, 0) is 9.47 Å². The van der Waals surface area contributed by atoms with Gasteiger partial charge in [0, 0.05) is 0 Å². The third-order valence-electron chi connectivity index (χ3n) is 4.87. The van der Waals surface area contributed by atoms with E-state index in [2.05, 4.69) is 6.92 Å². The fraction of sp³-hybridized carbons (Fsp3) is 0.867. The molecule has 2 aliphatic heterocycles. The van der Waals surface area contributed by atoms with Crippen LogP contribution in [0.1, 0.15) is 58.3 Å². The molecule has 1 aliphatic carbocycles. The van der Waals surface area contributed by atoms with Crippen molar-refractivity contribution in [3.05, 3.63) is 11.8 Å². The van der Waals surface area contributed by atoms with Gasteiger partial charge < -0.3 is 9.47 Å². The van der Waals surface area contributed by atoms with E-state index in [-0.39, 0.29) is 0 Å². The second-order valence-electron chi connectivity index (χ2n) is 6.29. The second kappa shape index (κ2) is 4.64. The molecule has 3 fully saturated rings. The predicted octanol–water partition coefficient (Wildman–Crippen LogP) is 3.81. The van der Waals surface area contributed by atoms with Gasteiger partial charge in [-0.3, -0.25) is 0 Å². The van der Waals surface area contributed by atoms with Crippen LogP contribution in [0.3, 0.4) is 0 Å². The molecule has 0 aromatic carbocycles. The highest BCUT2D eigenvalue weighted by Crippen LogP contribution is 2.49. The van der Waals surface area contributed by atoms with E-state index in [0.717, 1.165) is 13.0 Å². The second-order valence-corrected chi connectivity index (χ2v) is 6.29. The normalized spacial score (nSPS) is 39.9. The quantitative estimate of drug-likeness (QED) is 0.546. The first-order valence-corrected chi connectivity index (χ1v) is 7.21. The highest BCUT2D eigenvalue weighted by molar-refractivity contribution is 5.02. The molecule has 1 saturated carbocycles. The summed E-state index contributed by atoms with van der Waals surface area (Å²) < 4.78 is 11.7. The maximum Gasteiger partial charge on any atom is 0.0879 e. The third kappa shape index (κ3) is 2.37. The van der Waals surface area contributed by atoms with Gasteiger partial charge in [-0.2, -0.15) is 0 Å². The van der Waals surface area contributed by atoms with Crippen LogP contribution in [0.4, 0.5) is 0 Å². The molecule has 0 spiro atoms. The van der Waals surface area contributed by atoms with E-state index in [9.17, 15) is 0 Å². The summed E-state index contributed by atoms with van der Waals surface area (Å²) in [5, 5.41) is 0. The van der Waals surface area contributed by atoms with Gasteiger partial charge in [0.2, 0.25) is 0 Å². The van der Waals surface area contributed by atoms with E-state index in [0.29, 0.717) is 17.6 Å². The minimum atomic E-state index is 0.386. The highest BCUT2D eigenvalue weighted by atomic mass is 16.5. The van der Waals surface area contributed by atoms with Crippen LogP contribution in [0, 0.1) is 5.41 Å². The summed E-state index contributed by atoms with van der Waals surface area (Å²) >= 11 is 0. The first-order chi connectivity index (χ1) is 8.26. The van der Waals surface area contributed by atoms with Crippen LogP contribution < -0.4 is 0 Å². The summed E-state index contributed by atoms with van der Waals surface area (Å²) in [7, 11) is 0. The molecule has 2 saturated heterocycles. The van der Waals surface area contributed by atoms with Gasteiger partial charge in [0.15, 0.2) is 0 Å². The Hall–Kier alpha value is -0.500. The van der Waals surface area contributed by atoms with Crippen LogP contribution in [0.15, 0.2) is 11.8 Å². The van der Waals surface area contributed by atoms with Crippen molar-refractivity contribution in [2.24, 2.45) is 5.41 Å². The predicted molar refractivity (Wildman–Crippen MR) is 67.7 cm³/mol. The molecule has 0 radical (unpaired) electrons. The molecule has 17 heavy (non-hydrogen) atoms. The summed E-state index contributed by atoms with van der Waals surface area (Å²) in [6, 6.07) is 0. The van der Waals surface area contributed by atoms with Gasteiger partial charge in [-0.05, 0) is 62.4 Å². The summed E-state index contributed by atoms with van der Waals surface area (Å²) in [6.07, 6.45) is 13.3. The SMILES string of the molecule is CC1(CCOC=C2CCCC2)CC2CCC1O2. The maximum absolute atomic E-state index is 5.95. The molecule has 0 amide bonds. The van der Waals surface area contributed by atoms with Crippen molar-refractivity contribution in [2.45, 2.75) is 70.5 Å². The van der Waals surface area contributed by atoms with E-state index in [1.807, 2.05) is 6.26 Å². The Morgan fingerprint density at radius 1 is 1.35 bits per heavy atom. The lowest BCUT2D eigenvalue weighted by Gasteiger charge is -2.30. The average Bonchev–Trinajstić information content (AvgIpc) is 3.00. The van der Waals surface area contributed by atoms with E-state index in [1.54, 1.807) is 0 Å². The molecule has 0 aromatic heterocycles. The topological polar surface area (TPSA) is 18.5 Å². The molecule has 2 heterocycles. The van der Waals surface area contributed by atoms with Crippen molar-refractivity contribution in [3.63, 3.8) is 0 Å². The van der Waals surface area contributed by atoms with Gasteiger partial charge in [-0.1, -0.05) is 6.92 Å². The molecule has 2 bridgehead atoms. The van der Waals surface area contributed by atoms with E-state index in [4.69, 9.17) is 9.47 Å². The van der Waals surface area contributed by atoms with Crippen LogP contribution in [0.2, 0.25) is 0 Å². The van der Waals surface area contributed by atoms with E-state index >= 15 is 0 Å². The maximum atomic E-state index is 5.95. The lowest BCUT2D eigenvalue weighted by atomic mass is 9.73. The Bertz CT molecular complexity index is 302. The van der Waals surface area contributed by atoms with Gasteiger partial charge in [0.05, 0.1) is 25.1 Å². The van der Waals surface area contributed by atoms with Crippen molar-refractivity contribution in [3.8, 4) is 0 Å². The number of hydrogen-bond donors (Lipinski definition) is 0. The monoisotopic (exact) mass is 236 g/mol. The molecule has 3 aliphatic rings. The highest BCUT2D eigenvalue weighted by Gasteiger charge is 2.48. The zero-order chi connectivity index (χ0) is 11.7. The van der Waals surface area contributed by atoms with Gasteiger partial charge in [-0.25, -0.2) is 0 Å². The van der Waals surface area contributed by atoms with Crippen LogP contribution in [0.25, 0.3) is 0 Å². The average molecular weight is 236 g/mol. The third-order valence-corrected chi connectivity index (χ3v) is 4.87. The molecular formula is C15H24O2. The smallest absolute Gasteiger partial charge is 0.0879 e. The molecule has 3 rings (SSSR count). The summed E-state index contributed by atoms with van der Waals surface area (Å²) in [6.45, 7) is 3.25. The lowest BCUT2D eigenvalue weighted by Crippen LogP contribution is -2.30. The van der Waals surface area contributed by atoms with Crippen LogP contribution in [0.5, 0.6) is 0 Å². The molecular weight excluding hydrogens is 212 g/mol. The van der Waals surface area contributed by atoms with Crippen molar-refractivity contribution in [2.75, 3.05) is 6.61 Å². The number of ether oxygens (including phenoxy) is 2. The zero-order valence-corrected chi connectivity index (χ0v) is 10.9. The van der Waals surface area contributed by atoms with Crippen LogP contribution >= 0.6 is 0 Å². The number of hydrogen-bond acceptors (Lipinski definition) is 2. The van der Waals surface area contributed by atoms with Crippen molar-refractivity contribution in [1.29, 1.82) is 0 Å². The molecule has 0 N–H and O–H groups in total. The molecule has 3 atom stereocenters. The van der Waals surface area contributed by atoms with Crippen LogP contribution in [-0.4, -0.2) is 18.8 Å². The first-order valence-electron chi connectivity index (χ1n) is 7.21. The van der Waals surface area contributed by atoms with Gasteiger partial charge in [0.25, 0.3) is 0 Å². The number of rotatable bonds is 4. The fourth-order valence-electron chi connectivity index (χ4n) is 3.70. The Kier molecular flexibility index (Phi) is 3.16. The van der Waals surface area contributed by atoms with Gasteiger partial charge >= 0.3 is 0 Å². The standard InChI is InChI=1S/C15H24O2/c1-15(10-13-6-7-14(15)17-13)8-9-16-11-12-4-2-3-5-12/h11,13-14H,2-10H2,1H3. The van der Waals surface area contributed by atoms with Gasteiger partial charge in [0.1, 0.15) is 0 Å². The van der Waals surface area contributed by atoms with E-state index < -0.39 is 0 Å². The number of allylic oxidation sites excluding steroid dienone is 1. The molecule has 3 unspecified atom stereocenters. The Balaban J connectivity index is 1.43. The van der Waals surface area contributed by atoms with E-state index in [1.165, 1.54) is 50.5 Å². The minimum Gasteiger partial charge on any atom is -0.501 e. The fourth-order valence-corrected chi connectivity index (χ4v) is 3.70. The molecule has 96 valence electrons. The largest absolute Gasteiger partial charge is 0.501 e. The summed E-state index contributed by atoms with van der Waals surface area (Å²) in [4.78, 5) is 0. The Labute approximate surface area is 104 Å². The molecule has 2 heteroatoms. The van der Waals surface area contributed by atoms with Crippen molar-refractivity contribution in [1.82, 2.24) is 0 Å². The molecule has 0 aromatic rings. The Morgan fingerprint density at radius 3 is 2.82 bits per heavy atom. The van der Waals surface area contributed by atoms with Crippen molar-refractivity contribution >= 4 is 0 Å². The number of fused-ring (bicyclic) bond motifs is 2. The summed E-state index contributed by atoms with van der Waals surface area (Å²) in [5.74, 6) is 0. The molecule has 2 nitrogen and oxygen atoms in total.